The van der Waals surface area contributed by atoms with Crippen LogP contribution >= 0.6 is 24.4 Å². The van der Waals surface area contributed by atoms with Gasteiger partial charge in [0.2, 0.25) is 17.7 Å². The molecule has 0 rings (SSSR count). The SMILES string of the molecule is CCC(C)C(NC(=O)CN)C(=O)NC(CCSC)C(=O)NC(CS)C(=O)O. The monoisotopic (exact) mass is 422 g/mol. The zero-order chi connectivity index (χ0) is 21.0. The van der Waals surface area contributed by atoms with Gasteiger partial charge in [-0.3, -0.25) is 14.4 Å². The molecule has 4 atom stereocenters. The van der Waals surface area contributed by atoms with E-state index in [4.69, 9.17) is 10.8 Å². The summed E-state index contributed by atoms with van der Waals surface area (Å²) >= 11 is 5.40. The number of aliphatic carboxylic acids is 1. The molecule has 0 aliphatic heterocycles. The van der Waals surface area contributed by atoms with Crippen molar-refractivity contribution in [2.45, 2.75) is 44.8 Å². The molecule has 0 aliphatic carbocycles. The van der Waals surface area contributed by atoms with Gasteiger partial charge in [-0.15, -0.1) is 0 Å². The first-order valence-electron chi connectivity index (χ1n) is 8.64. The van der Waals surface area contributed by atoms with Gasteiger partial charge in [-0.25, -0.2) is 4.79 Å². The number of hydrogen-bond donors (Lipinski definition) is 6. The number of carbonyl (C=O) groups excluding carboxylic acids is 3. The molecule has 0 saturated heterocycles. The van der Waals surface area contributed by atoms with Crippen LogP contribution in [0.4, 0.5) is 0 Å². The molecule has 156 valence electrons. The Labute approximate surface area is 169 Å². The second kappa shape index (κ2) is 13.7. The highest BCUT2D eigenvalue weighted by atomic mass is 32.2. The highest BCUT2D eigenvalue weighted by Gasteiger charge is 2.30. The van der Waals surface area contributed by atoms with Crippen LogP contribution in [0.5, 0.6) is 0 Å². The second-order valence-electron chi connectivity index (χ2n) is 6.06. The molecular formula is C16H30N4O5S2. The summed E-state index contributed by atoms with van der Waals surface area (Å²) in [7, 11) is 0. The Morgan fingerprint density at radius 2 is 1.70 bits per heavy atom. The molecule has 0 radical (unpaired) electrons. The van der Waals surface area contributed by atoms with Crippen LogP contribution < -0.4 is 21.7 Å². The average Bonchev–Trinajstić information content (AvgIpc) is 2.65. The van der Waals surface area contributed by atoms with Crippen LogP contribution in [-0.2, 0) is 19.2 Å². The van der Waals surface area contributed by atoms with Crippen molar-refractivity contribution in [3.8, 4) is 0 Å². The normalized spacial score (nSPS) is 15.1. The van der Waals surface area contributed by atoms with Crippen molar-refractivity contribution in [1.29, 1.82) is 0 Å². The molecule has 0 heterocycles. The Morgan fingerprint density at radius 3 is 2.15 bits per heavy atom. The smallest absolute Gasteiger partial charge is 0.327 e. The molecular weight excluding hydrogens is 392 g/mol. The maximum absolute atomic E-state index is 12.7. The van der Waals surface area contributed by atoms with Crippen molar-refractivity contribution in [3.05, 3.63) is 0 Å². The molecule has 11 heteroatoms. The van der Waals surface area contributed by atoms with Crippen LogP contribution in [0.2, 0.25) is 0 Å². The van der Waals surface area contributed by atoms with Crippen LogP contribution in [0.15, 0.2) is 0 Å². The number of nitrogens with two attached hydrogens (primary N) is 1. The van der Waals surface area contributed by atoms with Gasteiger partial charge in [0.15, 0.2) is 0 Å². The van der Waals surface area contributed by atoms with Gasteiger partial charge < -0.3 is 26.8 Å². The molecule has 0 aromatic heterocycles. The Hall–Kier alpha value is -1.46. The fourth-order valence-electron chi connectivity index (χ4n) is 2.16. The number of carbonyl (C=O) groups is 4. The number of nitrogens with one attached hydrogen (secondary N) is 3. The van der Waals surface area contributed by atoms with Crippen molar-refractivity contribution >= 4 is 48.1 Å². The molecule has 4 unspecified atom stereocenters. The molecule has 3 amide bonds. The molecule has 9 nitrogen and oxygen atoms in total. The molecule has 6 N–H and O–H groups in total. The van der Waals surface area contributed by atoms with Gasteiger partial charge in [0, 0.05) is 5.75 Å². The molecule has 0 spiro atoms. The van der Waals surface area contributed by atoms with Crippen molar-refractivity contribution < 1.29 is 24.3 Å². The third kappa shape index (κ3) is 9.34. The predicted octanol–water partition coefficient (Wildman–Crippen LogP) is -0.787. The fourth-order valence-corrected chi connectivity index (χ4v) is 2.88. The van der Waals surface area contributed by atoms with E-state index in [0.29, 0.717) is 18.6 Å². The minimum atomic E-state index is -1.21. The van der Waals surface area contributed by atoms with Crippen LogP contribution in [-0.4, -0.2) is 71.2 Å². The number of carboxylic acids is 1. The number of hydrogen-bond acceptors (Lipinski definition) is 7. The van der Waals surface area contributed by atoms with Gasteiger partial charge in [0.1, 0.15) is 18.1 Å². The highest BCUT2D eigenvalue weighted by Crippen LogP contribution is 2.10. The number of thioether (sulfide) groups is 1. The lowest BCUT2D eigenvalue weighted by atomic mass is 9.97. The van der Waals surface area contributed by atoms with Crippen LogP contribution in [0.25, 0.3) is 0 Å². The molecule has 0 aliphatic rings. The number of thiol groups is 1. The topological polar surface area (TPSA) is 151 Å². The summed E-state index contributed by atoms with van der Waals surface area (Å²) in [6, 6.07) is -2.92. The molecule has 0 bridgehead atoms. The maximum Gasteiger partial charge on any atom is 0.327 e. The molecule has 0 saturated carbocycles. The number of amides is 3. The summed E-state index contributed by atoms with van der Waals surface area (Å²) in [4.78, 5) is 47.9. The van der Waals surface area contributed by atoms with E-state index in [-0.39, 0.29) is 18.2 Å². The van der Waals surface area contributed by atoms with Crippen molar-refractivity contribution in [2.75, 3.05) is 24.3 Å². The van der Waals surface area contributed by atoms with Crippen molar-refractivity contribution in [2.24, 2.45) is 11.7 Å². The van der Waals surface area contributed by atoms with Crippen LogP contribution in [0.3, 0.4) is 0 Å². The summed E-state index contributed by atoms with van der Waals surface area (Å²) < 4.78 is 0. The first-order valence-corrected chi connectivity index (χ1v) is 10.7. The third-order valence-electron chi connectivity index (χ3n) is 4.04. The van der Waals surface area contributed by atoms with Gasteiger partial charge in [-0.05, 0) is 24.3 Å². The van der Waals surface area contributed by atoms with Crippen molar-refractivity contribution in [1.82, 2.24) is 16.0 Å². The fraction of sp³-hybridized carbons (Fsp3) is 0.750. The summed E-state index contributed by atoms with van der Waals surface area (Å²) in [5, 5.41) is 16.6. The standard InChI is InChI=1S/C16H30N4O5S2/c1-4-9(2)13(20-12(21)7-17)15(23)18-10(5-6-27-3)14(22)19-11(8-26)16(24)25/h9-11,13,26H,4-8,17H2,1-3H3,(H,18,23)(H,19,22)(H,20,21)(H,24,25). The van der Waals surface area contributed by atoms with Gasteiger partial charge in [0.05, 0.1) is 6.54 Å². The van der Waals surface area contributed by atoms with Crippen LogP contribution in [0.1, 0.15) is 26.7 Å². The lowest BCUT2D eigenvalue weighted by Crippen LogP contribution is -2.58. The van der Waals surface area contributed by atoms with E-state index < -0.39 is 41.8 Å². The lowest BCUT2D eigenvalue weighted by Gasteiger charge is -2.26. The Kier molecular flexibility index (Phi) is 12.9. The largest absolute Gasteiger partial charge is 0.480 e. The zero-order valence-electron chi connectivity index (χ0n) is 15.9. The quantitative estimate of drug-likeness (QED) is 0.213. The minimum absolute atomic E-state index is 0.0771. The summed E-state index contributed by atoms with van der Waals surface area (Å²) in [5.74, 6) is -2.46. The second-order valence-corrected chi connectivity index (χ2v) is 7.41. The lowest BCUT2D eigenvalue weighted by molar-refractivity contribution is -0.141. The minimum Gasteiger partial charge on any atom is -0.480 e. The molecule has 0 fully saturated rings. The van der Waals surface area contributed by atoms with Crippen LogP contribution in [0, 0.1) is 5.92 Å². The van der Waals surface area contributed by atoms with E-state index in [9.17, 15) is 19.2 Å². The predicted molar refractivity (Wildman–Crippen MR) is 109 cm³/mol. The Bertz CT molecular complexity index is 521. The molecule has 0 aromatic rings. The van der Waals surface area contributed by atoms with E-state index in [0.717, 1.165) is 0 Å². The van der Waals surface area contributed by atoms with E-state index >= 15 is 0 Å². The van der Waals surface area contributed by atoms with E-state index in [1.807, 2.05) is 13.2 Å². The number of carboxylic acid groups (broad SMARTS) is 1. The highest BCUT2D eigenvalue weighted by molar-refractivity contribution is 7.98. The Morgan fingerprint density at radius 1 is 1.11 bits per heavy atom. The summed E-state index contributed by atoms with van der Waals surface area (Å²) in [5.41, 5.74) is 5.30. The van der Waals surface area contributed by atoms with Gasteiger partial charge >= 0.3 is 5.97 Å². The Balaban J connectivity index is 5.26. The summed E-state index contributed by atoms with van der Waals surface area (Å²) in [6.45, 7) is 3.43. The van der Waals surface area contributed by atoms with E-state index in [2.05, 4.69) is 28.6 Å². The van der Waals surface area contributed by atoms with Gasteiger partial charge in [-0.1, -0.05) is 20.3 Å². The third-order valence-corrected chi connectivity index (χ3v) is 5.05. The number of rotatable bonds is 13. The van der Waals surface area contributed by atoms with Gasteiger partial charge in [0.25, 0.3) is 0 Å². The molecule has 27 heavy (non-hydrogen) atoms. The maximum atomic E-state index is 12.7. The summed E-state index contributed by atoms with van der Waals surface area (Å²) in [6.07, 6.45) is 2.80. The molecule has 0 aromatic carbocycles. The van der Waals surface area contributed by atoms with E-state index in [1.165, 1.54) is 11.8 Å². The average molecular weight is 423 g/mol. The first-order chi connectivity index (χ1) is 12.7. The van der Waals surface area contributed by atoms with Crippen molar-refractivity contribution in [3.63, 3.8) is 0 Å². The van der Waals surface area contributed by atoms with E-state index in [1.54, 1.807) is 6.92 Å². The zero-order valence-corrected chi connectivity index (χ0v) is 17.6. The van der Waals surface area contributed by atoms with Gasteiger partial charge in [-0.2, -0.15) is 24.4 Å². The first kappa shape index (κ1) is 25.5.